The Labute approximate surface area is 154 Å². The fraction of sp³-hybridized carbons (Fsp3) is 0.467. The minimum Gasteiger partial charge on any atom is -0.454 e. The van der Waals surface area contributed by atoms with E-state index in [0.29, 0.717) is 0 Å². The number of rotatable bonds is 3. The van der Waals surface area contributed by atoms with Gasteiger partial charge in [0.1, 0.15) is 11.8 Å². The highest BCUT2D eigenvalue weighted by atomic mass is 16.7. The number of aromatic amines is 2. The van der Waals surface area contributed by atoms with Crippen LogP contribution in [0, 0.1) is 0 Å². The molecule has 5 atom stereocenters. The van der Waals surface area contributed by atoms with Crippen LogP contribution in [0.5, 0.6) is 0 Å². The maximum atomic E-state index is 12.0. The van der Waals surface area contributed by atoms with Crippen LogP contribution < -0.4 is 11.2 Å². The lowest BCUT2D eigenvalue weighted by molar-refractivity contribution is -0.174. The zero-order chi connectivity index (χ0) is 20.2. The topological polar surface area (TPSA) is 172 Å². The van der Waals surface area contributed by atoms with Gasteiger partial charge in [0.2, 0.25) is 6.10 Å². The zero-order valence-electron chi connectivity index (χ0n) is 14.5. The van der Waals surface area contributed by atoms with Crippen molar-refractivity contribution in [2.75, 3.05) is 0 Å². The highest BCUT2D eigenvalue weighted by Crippen LogP contribution is 2.40. The fourth-order valence-corrected chi connectivity index (χ4v) is 3.36. The predicted molar refractivity (Wildman–Crippen MR) is 85.9 cm³/mol. The first-order chi connectivity index (χ1) is 13.3. The Morgan fingerprint density at radius 3 is 2.50 bits per heavy atom. The summed E-state index contributed by atoms with van der Waals surface area (Å²) in [7, 11) is 0. The van der Waals surface area contributed by atoms with E-state index in [2.05, 4.69) is 9.97 Å². The molecular weight excluding hydrogens is 380 g/mol. The molecule has 4 rings (SSSR count). The van der Waals surface area contributed by atoms with Crippen LogP contribution >= 0.6 is 0 Å². The number of fused-ring (bicyclic) bond motifs is 2. The Morgan fingerprint density at radius 2 is 1.82 bits per heavy atom. The number of nitrogens with one attached hydrogen (secondary N) is 2. The van der Waals surface area contributed by atoms with Crippen molar-refractivity contribution in [3.8, 4) is 0 Å². The van der Waals surface area contributed by atoms with Crippen molar-refractivity contribution in [2.45, 2.75) is 44.5 Å². The average molecular weight is 394 g/mol. The second kappa shape index (κ2) is 6.30. The van der Waals surface area contributed by atoms with Crippen LogP contribution in [0.4, 0.5) is 0 Å². The molecule has 13 nitrogen and oxygen atoms in total. The molecule has 0 unspecified atom stereocenters. The molecule has 13 heteroatoms. The SMILES string of the molecule is CC(=O)O[C@@H]1[C@@H]2OC(=O)[C@@H](OC(C)=O)[C@H]2O[C@H]1n1cnc2c(=O)[nH]c(=O)[nH]c21. The van der Waals surface area contributed by atoms with E-state index >= 15 is 0 Å². The fourth-order valence-electron chi connectivity index (χ4n) is 3.36. The number of imidazole rings is 1. The number of esters is 3. The summed E-state index contributed by atoms with van der Waals surface area (Å²) >= 11 is 0. The lowest BCUT2D eigenvalue weighted by Gasteiger charge is -2.22. The number of carbonyl (C=O) groups is 3. The second-order valence-corrected chi connectivity index (χ2v) is 6.25. The summed E-state index contributed by atoms with van der Waals surface area (Å²) in [5.41, 5.74) is -1.55. The number of ether oxygens (including phenoxy) is 4. The van der Waals surface area contributed by atoms with Crippen LogP contribution in [-0.4, -0.2) is 61.8 Å². The molecular formula is C15H14N4O9. The number of hydrogen-bond donors (Lipinski definition) is 2. The molecule has 2 aromatic rings. The molecule has 0 radical (unpaired) electrons. The van der Waals surface area contributed by atoms with E-state index in [1.54, 1.807) is 0 Å². The van der Waals surface area contributed by atoms with Crippen LogP contribution in [0.1, 0.15) is 20.1 Å². The zero-order valence-corrected chi connectivity index (χ0v) is 14.5. The monoisotopic (exact) mass is 394 g/mol. The third-order valence-corrected chi connectivity index (χ3v) is 4.35. The van der Waals surface area contributed by atoms with Gasteiger partial charge in [0.05, 0.1) is 6.33 Å². The van der Waals surface area contributed by atoms with E-state index in [1.807, 2.05) is 4.98 Å². The quantitative estimate of drug-likeness (QED) is 0.442. The van der Waals surface area contributed by atoms with Gasteiger partial charge >= 0.3 is 23.6 Å². The number of carbonyl (C=O) groups excluding carboxylic acids is 3. The standard InChI is InChI=1S/C15H14N4O9/c1-4(20)25-9-7-8(10(14(23)28-7)26-5(2)21)27-13(9)19-3-16-6-11(19)17-15(24)18-12(6)22/h3,7-10,13H,1-2H3,(H2,17,18,22,24)/t7-,8+,9-,10+,13-/m1/s1. The first kappa shape index (κ1) is 17.9. The van der Waals surface area contributed by atoms with Gasteiger partial charge in [-0.05, 0) is 0 Å². The molecule has 0 aliphatic carbocycles. The molecule has 0 saturated carbocycles. The number of nitrogens with zero attached hydrogens (tertiary/aromatic N) is 2. The Balaban J connectivity index is 1.78. The van der Waals surface area contributed by atoms with Crippen molar-refractivity contribution < 1.29 is 33.3 Å². The van der Waals surface area contributed by atoms with Crippen molar-refractivity contribution in [1.82, 2.24) is 19.5 Å². The first-order valence-electron chi connectivity index (χ1n) is 8.16. The Kier molecular flexibility index (Phi) is 4.03. The van der Waals surface area contributed by atoms with Crippen molar-refractivity contribution in [2.24, 2.45) is 0 Å². The number of H-pyrrole nitrogens is 2. The van der Waals surface area contributed by atoms with Gasteiger partial charge in [0.15, 0.2) is 24.0 Å². The van der Waals surface area contributed by atoms with Gasteiger partial charge in [-0.25, -0.2) is 14.6 Å². The third-order valence-electron chi connectivity index (χ3n) is 4.35. The van der Waals surface area contributed by atoms with Gasteiger partial charge in [0.25, 0.3) is 5.56 Å². The highest BCUT2D eigenvalue weighted by Gasteiger charge is 2.61. The van der Waals surface area contributed by atoms with Crippen molar-refractivity contribution in [3.63, 3.8) is 0 Å². The molecule has 148 valence electrons. The van der Waals surface area contributed by atoms with E-state index in [1.165, 1.54) is 10.9 Å². The van der Waals surface area contributed by atoms with Crippen LogP contribution in [0.3, 0.4) is 0 Å². The Morgan fingerprint density at radius 1 is 1.11 bits per heavy atom. The summed E-state index contributed by atoms with van der Waals surface area (Å²) in [5.74, 6) is -2.23. The van der Waals surface area contributed by atoms with Crippen LogP contribution in [0.2, 0.25) is 0 Å². The van der Waals surface area contributed by atoms with E-state index in [4.69, 9.17) is 18.9 Å². The van der Waals surface area contributed by atoms with E-state index in [0.717, 1.165) is 13.8 Å². The van der Waals surface area contributed by atoms with Crippen molar-refractivity contribution >= 4 is 29.1 Å². The molecule has 2 fully saturated rings. The summed E-state index contributed by atoms with van der Waals surface area (Å²) in [4.78, 5) is 66.8. The van der Waals surface area contributed by atoms with E-state index in [-0.39, 0.29) is 11.2 Å². The third kappa shape index (κ3) is 2.76. The molecule has 0 aromatic carbocycles. The van der Waals surface area contributed by atoms with Crippen molar-refractivity contribution in [1.29, 1.82) is 0 Å². The van der Waals surface area contributed by atoms with E-state index < -0.39 is 59.8 Å². The molecule has 28 heavy (non-hydrogen) atoms. The maximum Gasteiger partial charge on any atom is 0.350 e. The van der Waals surface area contributed by atoms with Gasteiger partial charge < -0.3 is 18.9 Å². The normalized spacial score (nSPS) is 28.8. The molecule has 2 saturated heterocycles. The van der Waals surface area contributed by atoms with E-state index in [9.17, 15) is 24.0 Å². The number of aromatic nitrogens is 4. The number of hydrogen-bond acceptors (Lipinski definition) is 10. The van der Waals surface area contributed by atoms with Gasteiger partial charge in [-0.2, -0.15) is 0 Å². The Bertz CT molecular complexity index is 1100. The van der Waals surface area contributed by atoms with Gasteiger partial charge in [-0.15, -0.1) is 0 Å². The summed E-state index contributed by atoms with van der Waals surface area (Å²) < 4.78 is 22.5. The minimum atomic E-state index is -1.34. The molecule has 4 heterocycles. The molecule has 2 N–H and O–H groups in total. The smallest absolute Gasteiger partial charge is 0.350 e. The van der Waals surface area contributed by atoms with Gasteiger partial charge in [-0.1, -0.05) is 0 Å². The summed E-state index contributed by atoms with van der Waals surface area (Å²) in [6.07, 6.45) is -4.49. The van der Waals surface area contributed by atoms with Gasteiger partial charge in [0, 0.05) is 13.8 Å². The molecule has 2 aliphatic rings. The summed E-state index contributed by atoms with van der Waals surface area (Å²) in [6, 6.07) is 0. The highest BCUT2D eigenvalue weighted by molar-refractivity contribution is 5.82. The van der Waals surface area contributed by atoms with Crippen LogP contribution in [-0.2, 0) is 33.3 Å². The molecule has 2 aliphatic heterocycles. The Hall–Kier alpha value is -3.48. The second-order valence-electron chi connectivity index (χ2n) is 6.25. The summed E-state index contributed by atoms with van der Waals surface area (Å²) in [6.45, 7) is 2.28. The van der Waals surface area contributed by atoms with Crippen LogP contribution in [0.25, 0.3) is 11.2 Å². The molecule has 0 spiro atoms. The molecule has 0 amide bonds. The maximum absolute atomic E-state index is 12.0. The minimum absolute atomic E-state index is 0.0197. The average Bonchev–Trinajstić information content (AvgIpc) is 3.22. The first-order valence-corrected chi connectivity index (χ1v) is 8.16. The lowest BCUT2D eigenvalue weighted by atomic mass is 10.1. The predicted octanol–water partition coefficient (Wildman–Crippen LogP) is -1.90. The molecule has 2 aromatic heterocycles. The van der Waals surface area contributed by atoms with Crippen molar-refractivity contribution in [3.05, 3.63) is 27.2 Å². The largest absolute Gasteiger partial charge is 0.454 e. The summed E-state index contributed by atoms with van der Waals surface area (Å²) in [5, 5.41) is 0. The van der Waals surface area contributed by atoms with Gasteiger partial charge in [-0.3, -0.25) is 28.9 Å². The van der Waals surface area contributed by atoms with Crippen LogP contribution in [0.15, 0.2) is 15.9 Å². The lowest BCUT2D eigenvalue weighted by Crippen LogP contribution is -2.36. The molecule has 0 bridgehead atoms.